The zero-order chi connectivity index (χ0) is 23.6. The number of hydrogen-bond acceptors (Lipinski definition) is 8. The van der Waals surface area contributed by atoms with Gasteiger partial charge in [0, 0.05) is 5.56 Å². The number of rotatable bonds is 10. The fourth-order valence-electron chi connectivity index (χ4n) is 2.92. The van der Waals surface area contributed by atoms with Crippen molar-refractivity contribution in [3.8, 4) is 22.1 Å². The SMILES string of the molecule is COc1cc(C=NNC(=O)CSc2nnc(-c3ccccc3)s2)ccc1OCc1ccccc1. The lowest BCUT2D eigenvalue weighted by Crippen LogP contribution is -2.19. The first-order chi connectivity index (χ1) is 16.7. The zero-order valence-electron chi connectivity index (χ0n) is 18.4. The lowest BCUT2D eigenvalue weighted by Gasteiger charge is -2.11. The van der Waals surface area contributed by atoms with E-state index in [2.05, 4.69) is 20.7 Å². The summed E-state index contributed by atoms with van der Waals surface area (Å²) in [6, 6.07) is 25.2. The van der Waals surface area contributed by atoms with Crippen molar-refractivity contribution in [2.24, 2.45) is 5.10 Å². The minimum Gasteiger partial charge on any atom is -0.493 e. The van der Waals surface area contributed by atoms with Crippen molar-refractivity contribution in [1.29, 1.82) is 0 Å². The van der Waals surface area contributed by atoms with Gasteiger partial charge in [-0.05, 0) is 29.3 Å². The van der Waals surface area contributed by atoms with Gasteiger partial charge in [-0.3, -0.25) is 4.79 Å². The van der Waals surface area contributed by atoms with E-state index in [1.165, 1.54) is 23.1 Å². The van der Waals surface area contributed by atoms with Crippen LogP contribution < -0.4 is 14.9 Å². The summed E-state index contributed by atoms with van der Waals surface area (Å²) in [4.78, 5) is 12.1. The van der Waals surface area contributed by atoms with E-state index < -0.39 is 0 Å². The van der Waals surface area contributed by atoms with Gasteiger partial charge in [0.2, 0.25) is 0 Å². The lowest BCUT2D eigenvalue weighted by molar-refractivity contribution is -0.118. The van der Waals surface area contributed by atoms with Crippen molar-refractivity contribution in [3.63, 3.8) is 0 Å². The Labute approximate surface area is 205 Å². The molecule has 0 saturated heterocycles. The molecule has 0 unspecified atom stereocenters. The van der Waals surface area contributed by atoms with E-state index in [0.29, 0.717) is 18.1 Å². The third-order valence-corrected chi connectivity index (χ3v) is 6.69. The van der Waals surface area contributed by atoms with Gasteiger partial charge in [-0.25, -0.2) is 5.43 Å². The molecule has 0 radical (unpaired) electrons. The van der Waals surface area contributed by atoms with E-state index in [9.17, 15) is 4.79 Å². The Bertz CT molecular complexity index is 1250. The average molecular weight is 491 g/mol. The normalized spacial score (nSPS) is 10.9. The molecule has 0 fully saturated rings. The molecule has 3 aromatic carbocycles. The number of ether oxygens (including phenoxy) is 2. The molecule has 172 valence electrons. The highest BCUT2D eigenvalue weighted by Gasteiger charge is 2.09. The Morgan fingerprint density at radius 3 is 2.56 bits per heavy atom. The van der Waals surface area contributed by atoms with Crippen LogP contribution in [0, 0.1) is 0 Å². The van der Waals surface area contributed by atoms with Crippen LogP contribution in [0.2, 0.25) is 0 Å². The standard InChI is InChI=1S/C25H22N4O3S2/c1-31-22-14-19(12-13-21(22)32-16-18-8-4-2-5-9-18)15-26-27-23(30)17-33-25-29-28-24(34-25)20-10-6-3-7-11-20/h2-15H,16-17H2,1H3,(H,27,30). The van der Waals surface area contributed by atoms with E-state index in [-0.39, 0.29) is 11.7 Å². The van der Waals surface area contributed by atoms with E-state index in [0.717, 1.165) is 26.0 Å². The number of benzene rings is 3. The van der Waals surface area contributed by atoms with Crippen molar-refractivity contribution in [2.75, 3.05) is 12.9 Å². The van der Waals surface area contributed by atoms with Gasteiger partial charge in [0.05, 0.1) is 19.1 Å². The molecular weight excluding hydrogens is 468 g/mol. The average Bonchev–Trinajstić information content (AvgIpc) is 3.37. The molecule has 1 amide bonds. The molecule has 0 saturated carbocycles. The summed E-state index contributed by atoms with van der Waals surface area (Å²) in [6.07, 6.45) is 1.56. The molecule has 1 heterocycles. The summed E-state index contributed by atoms with van der Waals surface area (Å²) < 4.78 is 12.0. The molecule has 0 aliphatic rings. The molecule has 1 aromatic heterocycles. The Hall–Kier alpha value is -3.69. The minimum atomic E-state index is -0.229. The highest BCUT2D eigenvalue weighted by molar-refractivity contribution is 8.01. The Balaban J connectivity index is 1.26. The molecule has 34 heavy (non-hydrogen) atoms. The molecule has 0 aliphatic carbocycles. The van der Waals surface area contributed by atoms with Crippen LogP contribution in [-0.2, 0) is 11.4 Å². The highest BCUT2D eigenvalue weighted by atomic mass is 32.2. The number of amides is 1. The second-order valence-electron chi connectivity index (χ2n) is 7.01. The zero-order valence-corrected chi connectivity index (χ0v) is 20.0. The van der Waals surface area contributed by atoms with E-state index >= 15 is 0 Å². The first-order valence-electron chi connectivity index (χ1n) is 10.4. The van der Waals surface area contributed by atoms with Crippen molar-refractivity contribution in [3.05, 3.63) is 90.0 Å². The predicted octanol–water partition coefficient (Wildman–Crippen LogP) is 5.04. The van der Waals surface area contributed by atoms with Gasteiger partial charge in [0.1, 0.15) is 11.6 Å². The predicted molar refractivity (Wildman–Crippen MR) is 136 cm³/mol. The van der Waals surface area contributed by atoms with E-state index in [1.807, 2.05) is 72.8 Å². The number of methoxy groups -OCH3 is 1. The maximum atomic E-state index is 12.1. The van der Waals surface area contributed by atoms with Crippen molar-refractivity contribution in [2.45, 2.75) is 10.9 Å². The lowest BCUT2D eigenvalue weighted by atomic mass is 10.2. The number of thioether (sulfide) groups is 1. The number of hydrogen-bond donors (Lipinski definition) is 1. The van der Waals surface area contributed by atoms with Gasteiger partial charge in [-0.1, -0.05) is 83.8 Å². The third kappa shape index (κ3) is 6.66. The fourth-order valence-corrected chi connectivity index (χ4v) is 4.57. The van der Waals surface area contributed by atoms with Crippen molar-refractivity contribution >= 4 is 35.2 Å². The highest BCUT2D eigenvalue weighted by Crippen LogP contribution is 2.29. The second-order valence-corrected chi connectivity index (χ2v) is 9.21. The number of carbonyl (C=O) groups excluding carboxylic acids is 1. The van der Waals surface area contributed by atoms with Crippen LogP contribution in [0.1, 0.15) is 11.1 Å². The summed E-state index contributed by atoms with van der Waals surface area (Å²) in [7, 11) is 1.58. The summed E-state index contributed by atoms with van der Waals surface area (Å²) in [5.41, 5.74) is 5.38. The van der Waals surface area contributed by atoms with Crippen LogP contribution >= 0.6 is 23.1 Å². The molecule has 4 rings (SSSR count). The van der Waals surface area contributed by atoms with Gasteiger partial charge in [0.15, 0.2) is 15.8 Å². The van der Waals surface area contributed by atoms with Crippen LogP contribution in [0.15, 0.2) is 88.3 Å². The van der Waals surface area contributed by atoms with E-state index in [1.54, 1.807) is 19.4 Å². The Morgan fingerprint density at radius 1 is 1.03 bits per heavy atom. The summed E-state index contributed by atoms with van der Waals surface area (Å²) in [6.45, 7) is 0.444. The Kier molecular flexibility index (Phi) is 8.26. The van der Waals surface area contributed by atoms with Crippen molar-refractivity contribution < 1.29 is 14.3 Å². The van der Waals surface area contributed by atoms with Gasteiger partial charge in [0.25, 0.3) is 5.91 Å². The van der Waals surface area contributed by atoms with Gasteiger partial charge in [-0.15, -0.1) is 10.2 Å². The monoisotopic (exact) mass is 490 g/mol. The number of nitrogens with zero attached hydrogens (tertiary/aromatic N) is 3. The molecule has 0 atom stereocenters. The van der Waals surface area contributed by atoms with Gasteiger partial charge in [-0.2, -0.15) is 5.10 Å². The van der Waals surface area contributed by atoms with Crippen LogP contribution in [0.4, 0.5) is 0 Å². The molecule has 0 bridgehead atoms. The maximum Gasteiger partial charge on any atom is 0.250 e. The van der Waals surface area contributed by atoms with Crippen LogP contribution in [0.3, 0.4) is 0 Å². The summed E-state index contributed by atoms with van der Waals surface area (Å²) in [5, 5.41) is 13.2. The van der Waals surface area contributed by atoms with E-state index in [4.69, 9.17) is 9.47 Å². The third-order valence-electron chi connectivity index (χ3n) is 4.58. The quantitative estimate of drug-likeness (QED) is 0.191. The maximum absolute atomic E-state index is 12.1. The summed E-state index contributed by atoms with van der Waals surface area (Å²) in [5.74, 6) is 1.19. The molecule has 1 N–H and O–H groups in total. The van der Waals surface area contributed by atoms with Gasteiger partial charge >= 0.3 is 0 Å². The first kappa shape index (κ1) is 23.5. The van der Waals surface area contributed by atoms with Gasteiger partial charge < -0.3 is 9.47 Å². The molecule has 4 aromatic rings. The largest absolute Gasteiger partial charge is 0.493 e. The number of hydrazone groups is 1. The van der Waals surface area contributed by atoms with Crippen LogP contribution in [0.25, 0.3) is 10.6 Å². The number of aromatic nitrogens is 2. The topological polar surface area (TPSA) is 85.7 Å². The molecule has 0 aliphatic heterocycles. The van der Waals surface area contributed by atoms with Crippen LogP contribution in [-0.4, -0.2) is 35.2 Å². The molecular formula is C25H22N4O3S2. The number of nitrogens with one attached hydrogen (secondary N) is 1. The van der Waals surface area contributed by atoms with Crippen LogP contribution in [0.5, 0.6) is 11.5 Å². The first-order valence-corrected chi connectivity index (χ1v) is 12.2. The molecule has 9 heteroatoms. The Morgan fingerprint density at radius 2 is 1.79 bits per heavy atom. The molecule has 0 spiro atoms. The smallest absolute Gasteiger partial charge is 0.250 e. The second kappa shape index (κ2) is 12.0. The fraction of sp³-hybridized carbons (Fsp3) is 0.120. The van der Waals surface area contributed by atoms with Crippen molar-refractivity contribution in [1.82, 2.24) is 15.6 Å². The minimum absolute atomic E-state index is 0.191. The summed E-state index contributed by atoms with van der Waals surface area (Å²) >= 11 is 2.78. The number of carbonyl (C=O) groups is 1. The molecule has 7 nitrogen and oxygen atoms in total.